The highest BCUT2D eigenvalue weighted by atomic mass is 35.5. The molecule has 21 heavy (non-hydrogen) atoms. The lowest BCUT2D eigenvalue weighted by molar-refractivity contribution is 0.581. The lowest BCUT2D eigenvalue weighted by Crippen LogP contribution is -1.89. The minimum absolute atomic E-state index is 0.160. The van der Waals surface area contributed by atoms with Gasteiger partial charge in [0.15, 0.2) is 0 Å². The minimum atomic E-state index is -0.345. The molecule has 3 rings (SSSR count). The van der Waals surface area contributed by atoms with E-state index in [-0.39, 0.29) is 10.8 Å². The quantitative estimate of drug-likeness (QED) is 0.545. The van der Waals surface area contributed by atoms with Crippen molar-refractivity contribution in [3.8, 4) is 11.3 Å². The number of hydrogen-bond donors (Lipinski definition) is 0. The van der Waals surface area contributed by atoms with Gasteiger partial charge >= 0.3 is 0 Å². The predicted octanol–water partition coefficient (Wildman–Crippen LogP) is 6.03. The standard InChI is InChI=1S/C17H12ClFOS/c18-14-7-3-5-12(17(14)19)11-21-16-9-2-1-6-13(16)15-8-4-10-20-15/h1-10H,11H2. The van der Waals surface area contributed by atoms with Crippen LogP contribution >= 0.6 is 23.4 Å². The van der Waals surface area contributed by atoms with Crippen molar-refractivity contribution in [2.45, 2.75) is 10.6 Å². The average molecular weight is 319 g/mol. The molecule has 0 radical (unpaired) electrons. The van der Waals surface area contributed by atoms with Gasteiger partial charge in [-0.05, 0) is 29.8 Å². The number of halogens is 2. The first kappa shape index (κ1) is 14.2. The van der Waals surface area contributed by atoms with Crippen molar-refractivity contribution in [2.75, 3.05) is 0 Å². The monoisotopic (exact) mass is 318 g/mol. The van der Waals surface area contributed by atoms with E-state index < -0.39 is 0 Å². The fourth-order valence-electron chi connectivity index (χ4n) is 2.04. The maximum absolute atomic E-state index is 13.9. The predicted molar refractivity (Wildman–Crippen MR) is 85.1 cm³/mol. The molecular formula is C17H12ClFOS. The number of rotatable bonds is 4. The number of hydrogen-bond acceptors (Lipinski definition) is 2. The van der Waals surface area contributed by atoms with Crippen LogP contribution in [0.3, 0.4) is 0 Å². The Morgan fingerprint density at radius 1 is 1.00 bits per heavy atom. The lowest BCUT2D eigenvalue weighted by atomic mass is 10.2. The Kier molecular flexibility index (Phi) is 4.32. The molecule has 0 fully saturated rings. The minimum Gasteiger partial charge on any atom is -0.464 e. The van der Waals surface area contributed by atoms with E-state index in [0.29, 0.717) is 11.3 Å². The summed E-state index contributed by atoms with van der Waals surface area (Å²) in [6, 6.07) is 16.8. The molecule has 1 heterocycles. The second kappa shape index (κ2) is 6.37. The van der Waals surface area contributed by atoms with Crippen molar-refractivity contribution in [3.05, 3.63) is 77.3 Å². The van der Waals surface area contributed by atoms with Crippen LogP contribution in [0.1, 0.15) is 5.56 Å². The van der Waals surface area contributed by atoms with Gasteiger partial charge in [-0.3, -0.25) is 0 Å². The van der Waals surface area contributed by atoms with E-state index in [9.17, 15) is 4.39 Å². The van der Waals surface area contributed by atoms with Crippen LogP contribution in [-0.4, -0.2) is 0 Å². The van der Waals surface area contributed by atoms with E-state index >= 15 is 0 Å². The molecule has 0 saturated carbocycles. The summed E-state index contributed by atoms with van der Waals surface area (Å²) in [6.07, 6.45) is 1.65. The molecule has 0 aliphatic rings. The number of furan rings is 1. The third kappa shape index (κ3) is 3.14. The van der Waals surface area contributed by atoms with Crippen molar-refractivity contribution in [1.82, 2.24) is 0 Å². The van der Waals surface area contributed by atoms with Crippen molar-refractivity contribution in [1.29, 1.82) is 0 Å². The van der Waals surface area contributed by atoms with Crippen LogP contribution in [0.2, 0.25) is 5.02 Å². The molecule has 0 saturated heterocycles. The zero-order chi connectivity index (χ0) is 14.7. The van der Waals surface area contributed by atoms with Crippen LogP contribution < -0.4 is 0 Å². The summed E-state index contributed by atoms with van der Waals surface area (Å²) >= 11 is 7.37. The average Bonchev–Trinajstić information content (AvgIpc) is 3.03. The Hall–Kier alpha value is -1.71. The number of benzene rings is 2. The summed E-state index contributed by atoms with van der Waals surface area (Å²) in [5, 5.41) is 0.160. The van der Waals surface area contributed by atoms with Gasteiger partial charge in [-0.25, -0.2) is 4.39 Å². The van der Waals surface area contributed by atoms with E-state index in [2.05, 4.69) is 0 Å². The van der Waals surface area contributed by atoms with Gasteiger partial charge in [0.05, 0.1) is 11.3 Å². The van der Waals surface area contributed by atoms with Crippen LogP contribution in [-0.2, 0) is 5.75 Å². The number of thioether (sulfide) groups is 1. The maximum atomic E-state index is 13.9. The largest absolute Gasteiger partial charge is 0.464 e. The van der Waals surface area contributed by atoms with E-state index in [4.69, 9.17) is 16.0 Å². The molecule has 3 aromatic rings. The molecule has 0 aliphatic carbocycles. The molecule has 0 unspecified atom stereocenters. The van der Waals surface area contributed by atoms with E-state index in [1.54, 1.807) is 36.2 Å². The van der Waals surface area contributed by atoms with Gasteiger partial charge in [0.1, 0.15) is 11.6 Å². The van der Waals surface area contributed by atoms with Gasteiger partial charge in [0.2, 0.25) is 0 Å². The first-order valence-electron chi connectivity index (χ1n) is 6.44. The molecule has 0 bridgehead atoms. The molecule has 0 amide bonds. The molecule has 0 N–H and O–H groups in total. The molecule has 4 heteroatoms. The summed E-state index contributed by atoms with van der Waals surface area (Å²) < 4.78 is 19.4. The van der Waals surface area contributed by atoms with Gasteiger partial charge < -0.3 is 4.42 Å². The zero-order valence-corrected chi connectivity index (χ0v) is 12.6. The normalized spacial score (nSPS) is 10.8. The highest BCUT2D eigenvalue weighted by Gasteiger charge is 2.10. The lowest BCUT2D eigenvalue weighted by Gasteiger charge is -2.08. The highest BCUT2D eigenvalue weighted by molar-refractivity contribution is 7.98. The fourth-order valence-corrected chi connectivity index (χ4v) is 3.27. The van der Waals surface area contributed by atoms with E-state index in [0.717, 1.165) is 16.2 Å². The topological polar surface area (TPSA) is 13.1 Å². The Bertz CT molecular complexity index is 740. The third-order valence-corrected chi connectivity index (χ3v) is 4.50. The molecule has 1 aromatic heterocycles. The molecular weight excluding hydrogens is 307 g/mol. The molecule has 2 aromatic carbocycles. The first-order valence-corrected chi connectivity index (χ1v) is 7.80. The van der Waals surface area contributed by atoms with Crippen molar-refractivity contribution in [3.63, 3.8) is 0 Å². The third-order valence-electron chi connectivity index (χ3n) is 3.09. The Labute approximate surface area is 131 Å². The van der Waals surface area contributed by atoms with Gasteiger partial charge in [-0.2, -0.15) is 0 Å². The van der Waals surface area contributed by atoms with Crippen molar-refractivity contribution < 1.29 is 8.81 Å². The maximum Gasteiger partial charge on any atom is 0.145 e. The Morgan fingerprint density at radius 2 is 1.86 bits per heavy atom. The molecule has 0 spiro atoms. The smallest absolute Gasteiger partial charge is 0.145 e. The highest BCUT2D eigenvalue weighted by Crippen LogP contribution is 2.34. The molecule has 0 atom stereocenters. The van der Waals surface area contributed by atoms with E-state index in [1.165, 1.54) is 0 Å². The Morgan fingerprint density at radius 3 is 2.67 bits per heavy atom. The molecule has 0 aliphatic heterocycles. The van der Waals surface area contributed by atoms with Crippen LogP contribution in [0.5, 0.6) is 0 Å². The van der Waals surface area contributed by atoms with Gasteiger partial charge in [-0.15, -0.1) is 11.8 Å². The summed E-state index contributed by atoms with van der Waals surface area (Å²) in [4.78, 5) is 1.05. The van der Waals surface area contributed by atoms with Crippen LogP contribution in [0.25, 0.3) is 11.3 Å². The summed E-state index contributed by atoms with van der Waals surface area (Å²) in [7, 11) is 0. The SMILES string of the molecule is Fc1c(Cl)cccc1CSc1ccccc1-c1ccco1. The second-order valence-electron chi connectivity index (χ2n) is 4.48. The Balaban J connectivity index is 1.85. The van der Waals surface area contributed by atoms with Crippen molar-refractivity contribution in [2.24, 2.45) is 0 Å². The second-order valence-corrected chi connectivity index (χ2v) is 5.90. The summed E-state index contributed by atoms with van der Waals surface area (Å²) in [6.45, 7) is 0. The van der Waals surface area contributed by atoms with Crippen LogP contribution in [0, 0.1) is 5.82 Å². The molecule has 1 nitrogen and oxygen atoms in total. The van der Waals surface area contributed by atoms with Gasteiger partial charge in [-0.1, -0.05) is 41.9 Å². The zero-order valence-electron chi connectivity index (χ0n) is 11.1. The van der Waals surface area contributed by atoms with Crippen LogP contribution in [0.4, 0.5) is 4.39 Å². The van der Waals surface area contributed by atoms with Crippen molar-refractivity contribution >= 4 is 23.4 Å². The van der Waals surface area contributed by atoms with Gasteiger partial charge in [0, 0.05) is 16.2 Å². The molecule has 106 valence electrons. The summed E-state index contributed by atoms with van der Waals surface area (Å²) in [5.74, 6) is 0.983. The van der Waals surface area contributed by atoms with Crippen LogP contribution in [0.15, 0.2) is 70.2 Å². The first-order chi connectivity index (χ1) is 10.3. The van der Waals surface area contributed by atoms with E-state index in [1.807, 2.05) is 36.4 Å². The summed E-state index contributed by atoms with van der Waals surface area (Å²) in [5.41, 5.74) is 1.61. The van der Waals surface area contributed by atoms with Gasteiger partial charge in [0.25, 0.3) is 0 Å². The fraction of sp³-hybridized carbons (Fsp3) is 0.0588.